The van der Waals surface area contributed by atoms with E-state index in [4.69, 9.17) is 4.98 Å². The molecule has 0 aliphatic carbocycles. The maximum Gasteiger partial charge on any atom is 0.231 e. The van der Waals surface area contributed by atoms with Crippen LogP contribution < -0.4 is 15.5 Å². The minimum Gasteiger partial charge on any atom is -0.375 e. The minimum atomic E-state index is -0.611. The van der Waals surface area contributed by atoms with Crippen molar-refractivity contribution in [2.45, 2.75) is 18.7 Å². The van der Waals surface area contributed by atoms with Crippen molar-refractivity contribution in [3.63, 3.8) is 0 Å². The van der Waals surface area contributed by atoms with Gasteiger partial charge in [0.1, 0.15) is 17.7 Å². The Hall–Kier alpha value is -3.14. The third-order valence-corrected chi connectivity index (χ3v) is 6.55. The van der Waals surface area contributed by atoms with E-state index in [1.165, 1.54) is 5.69 Å². The van der Waals surface area contributed by atoms with Crippen LogP contribution in [0.1, 0.15) is 6.42 Å². The monoisotopic (exact) mass is 448 g/mol. The number of aromatic amines is 1. The molecule has 2 saturated heterocycles. The molecule has 174 valence electrons. The van der Waals surface area contributed by atoms with Crippen LogP contribution in [0, 0.1) is 0 Å². The largest absolute Gasteiger partial charge is 0.375 e. The quantitative estimate of drug-likeness (QED) is 0.410. The van der Waals surface area contributed by atoms with Gasteiger partial charge in [-0.15, -0.1) is 0 Å². The van der Waals surface area contributed by atoms with Crippen molar-refractivity contribution in [2.24, 2.45) is 0 Å². The van der Waals surface area contributed by atoms with E-state index in [-0.39, 0.29) is 6.04 Å². The predicted molar refractivity (Wildman–Crippen MR) is 133 cm³/mol. The standard InChI is InChI=1S/C24H32N8O/c1-3-21(33)32-11-9-18(16-32)26-23-20-8-10-25-22(20)28-24(29-23)27-17-4-6-19(7-5-17)31-14-12-30(2)13-15-31/h3-8,10,18,21,33H,1,9,11-16H2,2H3,(H3,25,26,27,28,29)/t18-,21?/m0/s1. The highest BCUT2D eigenvalue weighted by molar-refractivity contribution is 5.88. The minimum absolute atomic E-state index is 0.198. The number of anilines is 4. The van der Waals surface area contributed by atoms with E-state index in [0.717, 1.165) is 68.2 Å². The summed E-state index contributed by atoms with van der Waals surface area (Å²) in [6.45, 7) is 9.51. The maximum absolute atomic E-state index is 10.0. The van der Waals surface area contributed by atoms with Gasteiger partial charge in [0.15, 0.2) is 0 Å². The number of aliphatic hydroxyl groups is 1. The molecule has 0 saturated carbocycles. The zero-order valence-corrected chi connectivity index (χ0v) is 19.0. The number of likely N-dealkylation sites (tertiary alicyclic amines) is 1. The summed E-state index contributed by atoms with van der Waals surface area (Å²) in [5.41, 5.74) is 2.97. The first-order valence-electron chi connectivity index (χ1n) is 11.6. The van der Waals surface area contributed by atoms with Crippen molar-refractivity contribution in [3.8, 4) is 0 Å². The highest BCUT2D eigenvalue weighted by Crippen LogP contribution is 2.26. The smallest absolute Gasteiger partial charge is 0.231 e. The van der Waals surface area contributed by atoms with Crippen molar-refractivity contribution < 1.29 is 5.11 Å². The van der Waals surface area contributed by atoms with Gasteiger partial charge in [0.25, 0.3) is 0 Å². The number of benzene rings is 1. The molecule has 2 aliphatic rings. The lowest BCUT2D eigenvalue weighted by Crippen LogP contribution is -2.44. The second kappa shape index (κ2) is 9.38. The molecule has 2 aliphatic heterocycles. The average molecular weight is 449 g/mol. The second-order valence-electron chi connectivity index (χ2n) is 8.87. The molecule has 5 rings (SSSR count). The number of H-pyrrole nitrogens is 1. The summed E-state index contributed by atoms with van der Waals surface area (Å²) < 4.78 is 0. The zero-order chi connectivity index (χ0) is 22.8. The Labute approximate surface area is 194 Å². The number of likely N-dealkylation sites (N-methyl/N-ethyl adjacent to an activating group) is 1. The number of nitrogens with one attached hydrogen (secondary N) is 3. The Balaban J connectivity index is 1.29. The summed E-state index contributed by atoms with van der Waals surface area (Å²) >= 11 is 0. The molecule has 2 aromatic heterocycles. The topological polar surface area (TPSA) is 95.6 Å². The number of piperazine rings is 1. The molecule has 9 heteroatoms. The van der Waals surface area contributed by atoms with E-state index >= 15 is 0 Å². The molecule has 2 fully saturated rings. The summed E-state index contributed by atoms with van der Waals surface area (Å²) in [5.74, 6) is 1.33. The number of aliphatic hydroxyl groups excluding tert-OH is 1. The number of hydrogen-bond acceptors (Lipinski definition) is 8. The molecule has 3 aromatic rings. The highest BCUT2D eigenvalue weighted by atomic mass is 16.3. The van der Waals surface area contributed by atoms with Crippen LogP contribution in [-0.2, 0) is 0 Å². The van der Waals surface area contributed by atoms with Gasteiger partial charge >= 0.3 is 0 Å². The van der Waals surface area contributed by atoms with Crippen molar-refractivity contribution in [3.05, 3.63) is 49.2 Å². The van der Waals surface area contributed by atoms with Gasteiger partial charge in [-0.1, -0.05) is 6.58 Å². The molecule has 9 nitrogen and oxygen atoms in total. The van der Waals surface area contributed by atoms with Gasteiger partial charge < -0.3 is 30.5 Å². The van der Waals surface area contributed by atoms with E-state index in [1.54, 1.807) is 6.08 Å². The van der Waals surface area contributed by atoms with Gasteiger partial charge in [0, 0.05) is 62.9 Å². The van der Waals surface area contributed by atoms with Crippen LogP contribution in [0.25, 0.3) is 11.0 Å². The fourth-order valence-electron chi connectivity index (χ4n) is 4.54. The predicted octanol–water partition coefficient (Wildman–Crippen LogP) is 2.44. The van der Waals surface area contributed by atoms with Crippen LogP contribution in [0.3, 0.4) is 0 Å². The summed E-state index contributed by atoms with van der Waals surface area (Å²) in [6.07, 6.45) is 3.76. The lowest BCUT2D eigenvalue weighted by atomic mass is 10.2. The fraction of sp³-hybridized carbons (Fsp3) is 0.417. The van der Waals surface area contributed by atoms with Gasteiger partial charge in [0.05, 0.1) is 5.39 Å². The third kappa shape index (κ3) is 4.80. The SMILES string of the molecule is C=CC(O)N1CC[C@H](Nc2nc(Nc3ccc(N4CCN(C)CC4)cc3)nc3[nH]ccc23)C1. The molecule has 2 atom stereocenters. The van der Waals surface area contributed by atoms with E-state index in [2.05, 4.69) is 68.3 Å². The van der Waals surface area contributed by atoms with Crippen LogP contribution in [-0.4, -0.2) is 88.4 Å². The van der Waals surface area contributed by atoms with Gasteiger partial charge in [-0.2, -0.15) is 9.97 Å². The van der Waals surface area contributed by atoms with Gasteiger partial charge in [-0.05, 0) is 49.9 Å². The number of rotatable bonds is 7. The van der Waals surface area contributed by atoms with Crippen LogP contribution in [0.5, 0.6) is 0 Å². The molecule has 1 aromatic carbocycles. The van der Waals surface area contributed by atoms with Crippen molar-refractivity contribution >= 4 is 34.2 Å². The molecular formula is C24H32N8O. The molecule has 1 unspecified atom stereocenters. The number of aromatic nitrogens is 3. The molecule has 0 radical (unpaired) electrons. The Kier molecular flexibility index (Phi) is 6.17. The lowest BCUT2D eigenvalue weighted by Gasteiger charge is -2.34. The Morgan fingerprint density at radius 2 is 1.91 bits per heavy atom. The van der Waals surface area contributed by atoms with E-state index in [0.29, 0.717) is 5.95 Å². The Morgan fingerprint density at radius 1 is 1.12 bits per heavy atom. The maximum atomic E-state index is 10.0. The van der Waals surface area contributed by atoms with Crippen LogP contribution in [0.2, 0.25) is 0 Å². The lowest BCUT2D eigenvalue weighted by molar-refractivity contribution is 0.0610. The number of fused-ring (bicyclic) bond motifs is 1. The third-order valence-electron chi connectivity index (χ3n) is 6.55. The molecule has 4 N–H and O–H groups in total. The van der Waals surface area contributed by atoms with Crippen molar-refractivity contribution in [1.82, 2.24) is 24.8 Å². The van der Waals surface area contributed by atoms with Crippen LogP contribution in [0.15, 0.2) is 49.2 Å². The van der Waals surface area contributed by atoms with Crippen LogP contribution >= 0.6 is 0 Å². The van der Waals surface area contributed by atoms with E-state index in [1.807, 2.05) is 17.2 Å². The molecule has 0 amide bonds. The second-order valence-corrected chi connectivity index (χ2v) is 8.87. The first-order chi connectivity index (χ1) is 16.1. The van der Waals surface area contributed by atoms with Crippen molar-refractivity contribution in [1.29, 1.82) is 0 Å². The summed E-state index contributed by atoms with van der Waals surface area (Å²) in [5, 5.41) is 17.9. The highest BCUT2D eigenvalue weighted by Gasteiger charge is 2.26. The summed E-state index contributed by atoms with van der Waals surface area (Å²) in [6, 6.07) is 10.6. The fourth-order valence-corrected chi connectivity index (χ4v) is 4.54. The average Bonchev–Trinajstić information content (AvgIpc) is 3.49. The van der Waals surface area contributed by atoms with E-state index < -0.39 is 6.23 Å². The number of nitrogens with zero attached hydrogens (tertiary/aromatic N) is 5. The molecule has 0 bridgehead atoms. The first-order valence-corrected chi connectivity index (χ1v) is 11.6. The first kappa shape index (κ1) is 21.7. The van der Waals surface area contributed by atoms with Gasteiger partial charge in [-0.25, -0.2) is 0 Å². The normalized spacial score (nSPS) is 20.8. The van der Waals surface area contributed by atoms with E-state index in [9.17, 15) is 5.11 Å². The summed E-state index contributed by atoms with van der Waals surface area (Å²) in [7, 11) is 2.17. The Morgan fingerprint density at radius 3 is 2.67 bits per heavy atom. The van der Waals surface area contributed by atoms with Gasteiger partial charge in [0.2, 0.25) is 5.95 Å². The molecule has 4 heterocycles. The van der Waals surface area contributed by atoms with Crippen molar-refractivity contribution in [2.75, 3.05) is 61.8 Å². The van der Waals surface area contributed by atoms with Gasteiger partial charge in [-0.3, -0.25) is 4.90 Å². The molecular weight excluding hydrogens is 416 g/mol. The van der Waals surface area contributed by atoms with Crippen LogP contribution in [0.4, 0.5) is 23.1 Å². The Bertz CT molecular complexity index is 1090. The molecule has 33 heavy (non-hydrogen) atoms. The summed E-state index contributed by atoms with van der Waals surface area (Å²) in [4.78, 5) is 19.4. The number of hydrogen-bond donors (Lipinski definition) is 4. The molecule has 0 spiro atoms. The zero-order valence-electron chi connectivity index (χ0n) is 19.0.